The smallest absolute Gasteiger partial charge is 0.412 e. The van der Waals surface area contributed by atoms with Crippen molar-refractivity contribution >= 4 is 23.3 Å². The van der Waals surface area contributed by atoms with Crippen molar-refractivity contribution in [1.82, 2.24) is 14.7 Å². The molecular formula is C25H22N4O5. The predicted molar refractivity (Wildman–Crippen MR) is 126 cm³/mol. The molecule has 4 rings (SSSR count). The van der Waals surface area contributed by atoms with Crippen molar-refractivity contribution in [3.63, 3.8) is 0 Å². The van der Waals surface area contributed by atoms with Crippen molar-refractivity contribution in [3.05, 3.63) is 106 Å². The third-order valence-corrected chi connectivity index (χ3v) is 5.05. The average Bonchev–Trinajstić information content (AvgIpc) is 2.88. The first-order valence-corrected chi connectivity index (χ1v) is 10.4. The maximum absolute atomic E-state index is 12.9. The molecule has 2 N–H and O–H groups in total. The molecule has 0 aliphatic carbocycles. The van der Waals surface area contributed by atoms with E-state index in [0.29, 0.717) is 11.4 Å². The number of fused-ring (bicyclic) bond motifs is 1. The third kappa shape index (κ3) is 5.21. The minimum Gasteiger partial charge on any atom is -0.496 e. The maximum atomic E-state index is 12.9. The zero-order valence-corrected chi connectivity index (χ0v) is 18.4. The first-order valence-electron chi connectivity index (χ1n) is 10.4. The van der Waals surface area contributed by atoms with Crippen LogP contribution in [0.1, 0.15) is 21.5 Å². The minimum absolute atomic E-state index is 0.0610. The van der Waals surface area contributed by atoms with E-state index >= 15 is 0 Å². The number of ether oxygens (including phenoxy) is 2. The van der Waals surface area contributed by atoms with Crippen LogP contribution in [0.25, 0.3) is 5.65 Å². The molecule has 34 heavy (non-hydrogen) atoms. The summed E-state index contributed by atoms with van der Waals surface area (Å²) in [5, 5.41) is 5.22. The summed E-state index contributed by atoms with van der Waals surface area (Å²) in [7, 11) is 1.56. The van der Waals surface area contributed by atoms with Crippen LogP contribution >= 0.6 is 0 Å². The van der Waals surface area contributed by atoms with Crippen LogP contribution in [0.4, 0.5) is 10.5 Å². The molecule has 0 fully saturated rings. The van der Waals surface area contributed by atoms with Gasteiger partial charge in [0, 0.05) is 18.3 Å². The highest BCUT2D eigenvalue weighted by Gasteiger charge is 2.13. The topological polar surface area (TPSA) is 111 Å². The lowest BCUT2D eigenvalue weighted by molar-refractivity contribution is 0.0950. The molecule has 4 aromatic rings. The molecule has 2 heterocycles. The quantitative estimate of drug-likeness (QED) is 0.439. The second-order valence-corrected chi connectivity index (χ2v) is 7.30. The molecule has 2 aromatic carbocycles. The van der Waals surface area contributed by atoms with Crippen LogP contribution in [0.5, 0.6) is 5.75 Å². The number of amides is 2. The fourth-order valence-electron chi connectivity index (χ4n) is 3.29. The molecular weight excluding hydrogens is 436 g/mol. The van der Waals surface area contributed by atoms with Gasteiger partial charge in [0.05, 0.1) is 18.9 Å². The van der Waals surface area contributed by atoms with Gasteiger partial charge in [-0.1, -0.05) is 48.5 Å². The first kappa shape index (κ1) is 22.5. The number of carbonyl (C=O) groups is 2. The summed E-state index contributed by atoms with van der Waals surface area (Å²) in [4.78, 5) is 41.9. The van der Waals surface area contributed by atoms with Crippen LogP contribution in [-0.2, 0) is 17.9 Å². The van der Waals surface area contributed by atoms with E-state index in [1.807, 2.05) is 54.6 Å². The largest absolute Gasteiger partial charge is 0.496 e. The summed E-state index contributed by atoms with van der Waals surface area (Å²) >= 11 is 0. The monoisotopic (exact) mass is 458 g/mol. The van der Waals surface area contributed by atoms with Gasteiger partial charge in [0.1, 0.15) is 23.7 Å². The van der Waals surface area contributed by atoms with E-state index in [0.717, 1.165) is 11.1 Å². The van der Waals surface area contributed by atoms with Gasteiger partial charge in [-0.15, -0.1) is 0 Å². The normalized spacial score (nSPS) is 10.5. The Morgan fingerprint density at radius 2 is 1.76 bits per heavy atom. The summed E-state index contributed by atoms with van der Waals surface area (Å²) in [6.07, 6.45) is 1.85. The number of para-hydroxylation sites is 1. The molecule has 2 amide bonds. The summed E-state index contributed by atoms with van der Waals surface area (Å²) in [5.74, 6) is 0.289. The summed E-state index contributed by atoms with van der Waals surface area (Å²) in [6, 6.07) is 19.6. The standard InChI is InChI=1S/C25H22N4O5/c1-33-21-10-6-5-9-18(21)13-27-23(30)19-11-12-22-26-14-20(24(31)29(22)15-19)28-25(32)34-16-17-7-3-2-4-8-17/h2-12,14-15H,13,16H2,1H3,(H,27,30)(H,28,32). The van der Waals surface area contributed by atoms with Crippen LogP contribution < -0.4 is 20.9 Å². The number of hydrogen-bond donors (Lipinski definition) is 2. The van der Waals surface area contributed by atoms with Gasteiger partial charge in [-0.2, -0.15) is 0 Å². The highest BCUT2D eigenvalue weighted by Crippen LogP contribution is 2.17. The Labute approximate surface area is 195 Å². The Kier molecular flexibility index (Phi) is 6.83. The van der Waals surface area contributed by atoms with Crippen molar-refractivity contribution in [1.29, 1.82) is 0 Å². The van der Waals surface area contributed by atoms with E-state index in [-0.39, 0.29) is 30.3 Å². The van der Waals surface area contributed by atoms with Gasteiger partial charge in [0.25, 0.3) is 11.5 Å². The van der Waals surface area contributed by atoms with E-state index < -0.39 is 11.7 Å². The molecule has 9 heteroatoms. The van der Waals surface area contributed by atoms with Gasteiger partial charge in [0.2, 0.25) is 0 Å². The van der Waals surface area contributed by atoms with Crippen LogP contribution in [0.3, 0.4) is 0 Å². The van der Waals surface area contributed by atoms with Crippen molar-refractivity contribution in [2.75, 3.05) is 12.4 Å². The van der Waals surface area contributed by atoms with Crippen LogP contribution in [0, 0.1) is 0 Å². The molecule has 0 aliphatic heterocycles. The summed E-state index contributed by atoms with van der Waals surface area (Å²) in [5.41, 5.74) is 1.61. The number of aromatic nitrogens is 2. The molecule has 0 aliphatic rings. The molecule has 9 nitrogen and oxygen atoms in total. The zero-order valence-electron chi connectivity index (χ0n) is 18.4. The molecule has 0 saturated carbocycles. The highest BCUT2D eigenvalue weighted by atomic mass is 16.5. The molecule has 0 radical (unpaired) electrons. The summed E-state index contributed by atoms with van der Waals surface area (Å²) in [6.45, 7) is 0.314. The van der Waals surface area contributed by atoms with Gasteiger partial charge in [-0.3, -0.25) is 19.3 Å². The Morgan fingerprint density at radius 3 is 2.56 bits per heavy atom. The van der Waals surface area contributed by atoms with Crippen LogP contribution in [0.2, 0.25) is 0 Å². The fraction of sp³-hybridized carbons (Fsp3) is 0.120. The molecule has 0 unspecified atom stereocenters. The number of rotatable bonds is 7. The van der Waals surface area contributed by atoms with Gasteiger partial charge in [-0.05, 0) is 23.8 Å². The number of nitrogens with zero attached hydrogens (tertiary/aromatic N) is 2. The highest BCUT2D eigenvalue weighted by molar-refractivity contribution is 5.94. The van der Waals surface area contributed by atoms with Gasteiger partial charge >= 0.3 is 6.09 Å². The first-order chi connectivity index (χ1) is 16.5. The Morgan fingerprint density at radius 1 is 1.00 bits per heavy atom. The van der Waals surface area contributed by atoms with Crippen molar-refractivity contribution in [2.45, 2.75) is 13.2 Å². The van der Waals surface area contributed by atoms with E-state index in [2.05, 4.69) is 15.6 Å². The Hall–Kier alpha value is -4.66. The van der Waals surface area contributed by atoms with E-state index in [1.54, 1.807) is 19.2 Å². The number of benzene rings is 2. The third-order valence-electron chi connectivity index (χ3n) is 5.05. The number of carbonyl (C=O) groups excluding carboxylic acids is 2. The van der Waals surface area contributed by atoms with E-state index in [1.165, 1.54) is 16.8 Å². The lowest BCUT2D eigenvalue weighted by Crippen LogP contribution is -2.26. The second kappa shape index (κ2) is 10.3. The molecule has 2 aromatic heterocycles. The molecule has 0 bridgehead atoms. The maximum Gasteiger partial charge on any atom is 0.412 e. The van der Waals surface area contributed by atoms with E-state index in [4.69, 9.17) is 9.47 Å². The number of hydrogen-bond acceptors (Lipinski definition) is 6. The van der Waals surface area contributed by atoms with Crippen LogP contribution in [-0.4, -0.2) is 28.5 Å². The van der Waals surface area contributed by atoms with Gasteiger partial charge in [0.15, 0.2) is 0 Å². The Balaban J connectivity index is 1.47. The number of methoxy groups -OCH3 is 1. The fourth-order valence-corrected chi connectivity index (χ4v) is 3.29. The van der Waals surface area contributed by atoms with Gasteiger partial charge < -0.3 is 14.8 Å². The average molecular weight is 458 g/mol. The van der Waals surface area contributed by atoms with E-state index in [9.17, 15) is 14.4 Å². The summed E-state index contributed by atoms with van der Waals surface area (Å²) < 4.78 is 11.6. The molecule has 172 valence electrons. The number of anilines is 1. The van der Waals surface area contributed by atoms with Gasteiger partial charge in [-0.25, -0.2) is 9.78 Å². The lowest BCUT2D eigenvalue weighted by atomic mass is 10.2. The molecule has 0 atom stereocenters. The van der Waals surface area contributed by atoms with Crippen molar-refractivity contribution < 1.29 is 19.1 Å². The minimum atomic E-state index is -0.784. The predicted octanol–water partition coefficient (Wildman–Crippen LogP) is 3.38. The lowest BCUT2D eigenvalue weighted by Gasteiger charge is -2.11. The second-order valence-electron chi connectivity index (χ2n) is 7.30. The number of nitrogens with one attached hydrogen (secondary N) is 2. The molecule has 0 spiro atoms. The zero-order chi connectivity index (χ0) is 23.9. The van der Waals surface area contributed by atoms with Crippen LogP contribution in [0.15, 0.2) is 83.9 Å². The van der Waals surface area contributed by atoms with Crippen molar-refractivity contribution in [2.24, 2.45) is 0 Å². The SMILES string of the molecule is COc1ccccc1CNC(=O)c1ccc2ncc(NC(=O)OCc3ccccc3)c(=O)n2c1. The number of pyridine rings is 1. The van der Waals surface area contributed by atoms with Crippen molar-refractivity contribution in [3.8, 4) is 5.75 Å². The Bertz CT molecular complexity index is 1390. The molecule has 0 saturated heterocycles.